The molecule has 24 heavy (non-hydrogen) atoms. The number of hydrogen-bond acceptors (Lipinski definition) is 3. The van der Waals surface area contributed by atoms with Gasteiger partial charge in [-0.2, -0.15) is 0 Å². The van der Waals surface area contributed by atoms with Crippen LogP contribution in [0.25, 0.3) is 0 Å². The minimum atomic E-state index is -0.196. The van der Waals surface area contributed by atoms with Crippen LogP contribution in [0.4, 0.5) is 10.5 Å². The van der Waals surface area contributed by atoms with Gasteiger partial charge in [-0.05, 0) is 30.7 Å². The largest absolute Gasteiger partial charge is 0.493 e. The Labute approximate surface area is 150 Å². The van der Waals surface area contributed by atoms with Gasteiger partial charge in [0.15, 0.2) is 11.5 Å². The van der Waals surface area contributed by atoms with Crippen molar-refractivity contribution in [2.45, 2.75) is 13.5 Å². The lowest BCUT2D eigenvalue weighted by atomic mass is 10.2. The van der Waals surface area contributed by atoms with Crippen molar-refractivity contribution in [1.29, 1.82) is 0 Å². The molecule has 0 fully saturated rings. The van der Waals surface area contributed by atoms with Gasteiger partial charge in [-0.25, -0.2) is 4.79 Å². The Morgan fingerprint density at radius 1 is 1.21 bits per heavy atom. The van der Waals surface area contributed by atoms with Crippen LogP contribution >= 0.6 is 15.9 Å². The molecule has 2 amide bonds. The van der Waals surface area contributed by atoms with Gasteiger partial charge in [0, 0.05) is 29.8 Å². The predicted octanol–water partition coefficient (Wildman–Crippen LogP) is 4.52. The second kappa shape index (κ2) is 8.59. The maximum atomic E-state index is 12.4. The topological polar surface area (TPSA) is 50.8 Å². The van der Waals surface area contributed by atoms with Crippen molar-refractivity contribution in [3.8, 4) is 11.5 Å². The fraction of sp³-hybridized carbons (Fsp3) is 0.278. The summed E-state index contributed by atoms with van der Waals surface area (Å²) in [6.45, 7) is 2.92. The van der Waals surface area contributed by atoms with Gasteiger partial charge in [0.2, 0.25) is 0 Å². The predicted molar refractivity (Wildman–Crippen MR) is 98.8 cm³/mol. The first-order valence-electron chi connectivity index (χ1n) is 7.61. The number of carbonyl (C=O) groups excluding carboxylic acids is 1. The lowest BCUT2D eigenvalue weighted by Gasteiger charge is -2.19. The molecule has 2 aromatic carbocycles. The summed E-state index contributed by atoms with van der Waals surface area (Å²) in [7, 11) is 3.34. The first-order valence-corrected chi connectivity index (χ1v) is 8.40. The number of nitrogens with zero attached hydrogens (tertiary/aromatic N) is 1. The highest BCUT2D eigenvalue weighted by Crippen LogP contribution is 2.30. The molecule has 0 spiro atoms. The normalized spacial score (nSPS) is 10.2. The molecule has 5 nitrogen and oxygen atoms in total. The van der Waals surface area contributed by atoms with Crippen molar-refractivity contribution in [2.24, 2.45) is 0 Å². The Balaban J connectivity index is 2.06. The molecule has 0 radical (unpaired) electrons. The molecule has 0 saturated carbocycles. The second-order valence-corrected chi connectivity index (χ2v) is 6.03. The van der Waals surface area contributed by atoms with Gasteiger partial charge < -0.3 is 19.7 Å². The number of halogens is 1. The third-order valence-corrected chi connectivity index (χ3v) is 4.20. The lowest BCUT2D eigenvalue weighted by Crippen LogP contribution is -2.30. The summed E-state index contributed by atoms with van der Waals surface area (Å²) in [6.07, 6.45) is 0. The van der Waals surface area contributed by atoms with Crippen LogP contribution in [0, 0.1) is 0 Å². The molecule has 2 rings (SSSR count). The van der Waals surface area contributed by atoms with Crippen molar-refractivity contribution in [3.05, 3.63) is 52.5 Å². The van der Waals surface area contributed by atoms with Crippen LogP contribution in [0.15, 0.2) is 46.9 Å². The number of nitrogens with one attached hydrogen (secondary N) is 1. The standard InChI is InChI=1S/C18H21BrN2O3/c1-4-24-17-11-14(9-10-16(17)23-3)20-18(22)21(2)12-13-7-5-6-8-15(13)19/h5-11H,4,12H2,1-3H3,(H,20,22). The minimum Gasteiger partial charge on any atom is -0.493 e. The number of hydrogen-bond donors (Lipinski definition) is 1. The molecule has 0 unspecified atom stereocenters. The average molecular weight is 393 g/mol. The van der Waals surface area contributed by atoms with E-state index in [9.17, 15) is 4.79 Å². The van der Waals surface area contributed by atoms with Crippen LogP contribution in [0.5, 0.6) is 11.5 Å². The lowest BCUT2D eigenvalue weighted by molar-refractivity contribution is 0.220. The van der Waals surface area contributed by atoms with Crippen LogP contribution in [-0.4, -0.2) is 31.7 Å². The zero-order valence-corrected chi connectivity index (χ0v) is 15.6. The molecule has 0 saturated heterocycles. The molecule has 0 atom stereocenters. The van der Waals surface area contributed by atoms with Gasteiger partial charge in [-0.15, -0.1) is 0 Å². The van der Waals surface area contributed by atoms with Crippen molar-refractivity contribution in [3.63, 3.8) is 0 Å². The Morgan fingerprint density at radius 2 is 1.96 bits per heavy atom. The SMILES string of the molecule is CCOc1cc(NC(=O)N(C)Cc2ccccc2Br)ccc1OC. The molecule has 128 valence electrons. The molecule has 2 aromatic rings. The van der Waals surface area contributed by atoms with Crippen LogP contribution in [0.3, 0.4) is 0 Å². The smallest absolute Gasteiger partial charge is 0.321 e. The number of anilines is 1. The van der Waals surface area contributed by atoms with Crippen LogP contribution in [-0.2, 0) is 6.54 Å². The number of carbonyl (C=O) groups is 1. The molecular weight excluding hydrogens is 372 g/mol. The zero-order valence-electron chi connectivity index (χ0n) is 14.0. The van der Waals surface area contributed by atoms with E-state index in [-0.39, 0.29) is 6.03 Å². The summed E-state index contributed by atoms with van der Waals surface area (Å²) in [5.74, 6) is 1.24. The molecule has 0 aromatic heterocycles. The van der Waals surface area contributed by atoms with Crippen molar-refractivity contribution in [2.75, 3.05) is 26.1 Å². The van der Waals surface area contributed by atoms with E-state index in [0.29, 0.717) is 30.3 Å². The van der Waals surface area contributed by atoms with Crippen molar-refractivity contribution >= 4 is 27.6 Å². The van der Waals surface area contributed by atoms with E-state index in [1.807, 2.05) is 31.2 Å². The van der Waals surface area contributed by atoms with Gasteiger partial charge >= 0.3 is 6.03 Å². The fourth-order valence-corrected chi connectivity index (χ4v) is 2.61. The molecule has 0 bridgehead atoms. The van der Waals surface area contributed by atoms with Gasteiger partial charge in [0.05, 0.1) is 13.7 Å². The van der Waals surface area contributed by atoms with E-state index < -0.39 is 0 Å². The number of urea groups is 1. The molecule has 1 N–H and O–H groups in total. The Morgan fingerprint density at radius 3 is 2.62 bits per heavy atom. The summed E-state index contributed by atoms with van der Waals surface area (Å²) in [6, 6.07) is 12.9. The summed E-state index contributed by atoms with van der Waals surface area (Å²) < 4.78 is 11.7. The number of benzene rings is 2. The van der Waals surface area contributed by atoms with Crippen LogP contribution < -0.4 is 14.8 Å². The fourth-order valence-electron chi connectivity index (χ4n) is 2.20. The minimum absolute atomic E-state index is 0.196. The van der Waals surface area contributed by atoms with E-state index in [1.165, 1.54) is 0 Å². The molecule has 6 heteroatoms. The summed E-state index contributed by atoms with van der Waals surface area (Å²) >= 11 is 3.49. The Bertz CT molecular complexity index is 706. The number of ether oxygens (including phenoxy) is 2. The van der Waals surface area contributed by atoms with E-state index in [1.54, 1.807) is 37.3 Å². The van der Waals surface area contributed by atoms with Crippen LogP contribution in [0.2, 0.25) is 0 Å². The molecule has 0 heterocycles. The van der Waals surface area contributed by atoms with Crippen molar-refractivity contribution < 1.29 is 14.3 Å². The maximum Gasteiger partial charge on any atom is 0.321 e. The molecule has 0 aliphatic rings. The van der Waals surface area contributed by atoms with E-state index in [0.717, 1.165) is 10.0 Å². The molecule has 0 aliphatic heterocycles. The summed E-state index contributed by atoms with van der Waals surface area (Å²) in [5.41, 5.74) is 1.70. The second-order valence-electron chi connectivity index (χ2n) is 5.18. The van der Waals surface area contributed by atoms with Crippen LogP contribution in [0.1, 0.15) is 12.5 Å². The maximum absolute atomic E-state index is 12.4. The highest BCUT2D eigenvalue weighted by Gasteiger charge is 2.12. The van der Waals surface area contributed by atoms with Gasteiger partial charge in [0.1, 0.15) is 0 Å². The first kappa shape index (κ1) is 18.1. The highest BCUT2D eigenvalue weighted by atomic mass is 79.9. The third-order valence-electron chi connectivity index (χ3n) is 3.43. The summed E-state index contributed by atoms with van der Waals surface area (Å²) in [5, 5.41) is 2.87. The molecule has 0 aliphatic carbocycles. The average Bonchev–Trinajstić information content (AvgIpc) is 2.57. The quantitative estimate of drug-likeness (QED) is 0.785. The Hall–Kier alpha value is -2.21. The number of rotatable bonds is 6. The first-order chi connectivity index (χ1) is 11.5. The molecular formula is C18H21BrN2O3. The zero-order chi connectivity index (χ0) is 17.5. The van der Waals surface area contributed by atoms with E-state index >= 15 is 0 Å². The van der Waals surface area contributed by atoms with Crippen molar-refractivity contribution in [1.82, 2.24) is 4.90 Å². The van der Waals surface area contributed by atoms with Gasteiger partial charge in [-0.3, -0.25) is 0 Å². The number of amides is 2. The van der Waals surface area contributed by atoms with Gasteiger partial charge in [0.25, 0.3) is 0 Å². The monoisotopic (exact) mass is 392 g/mol. The Kier molecular flexibility index (Phi) is 6.49. The highest BCUT2D eigenvalue weighted by molar-refractivity contribution is 9.10. The summed E-state index contributed by atoms with van der Waals surface area (Å²) in [4.78, 5) is 14.0. The third kappa shape index (κ3) is 4.64. The van der Waals surface area contributed by atoms with E-state index in [2.05, 4.69) is 21.2 Å². The van der Waals surface area contributed by atoms with Gasteiger partial charge in [-0.1, -0.05) is 34.1 Å². The number of methoxy groups -OCH3 is 1. The van der Waals surface area contributed by atoms with E-state index in [4.69, 9.17) is 9.47 Å².